The fourth-order valence-electron chi connectivity index (χ4n) is 1.31. The Hall–Kier alpha value is -0.570. The predicted octanol–water partition coefficient (Wildman–Crippen LogP) is 3.31. The van der Waals surface area contributed by atoms with E-state index in [0.29, 0.717) is 6.42 Å². The third kappa shape index (κ3) is 9.97. The van der Waals surface area contributed by atoms with E-state index < -0.39 is 5.60 Å². The SMILES string of the molecule is CCCCCOC(C)CC(=O)OC(C)(C)C. The van der Waals surface area contributed by atoms with Gasteiger partial charge < -0.3 is 9.47 Å². The van der Waals surface area contributed by atoms with Gasteiger partial charge in [0, 0.05) is 6.61 Å². The van der Waals surface area contributed by atoms with Crippen molar-refractivity contribution in [2.75, 3.05) is 6.61 Å². The standard InChI is InChI=1S/C13H26O3/c1-6-7-8-9-15-11(2)10-12(14)16-13(3,4)5/h11H,6-10H2,1-5H3. The summed E-state index contributed by atoms with van der Waals surface area (Å²) in [6.07, 6.45) is 3.72. The van der Waals surface area contributed by atoms with Crippen molar-refractivity contribution in [1.29, 1.82) is 0 Å². The van der Waals surface area contributed by atoms with E-state index in [1.54, 1.807) is 0 Å². The topological polar surface area (TPSA) is 35.5 Å². The van der Waals surface area contributed by atoms with Gasteiger partial charge in [-0.25, -0.2) is 0 Å². The van der Waals surface area contributed by atoms with E-state index in [-0.39, 0.29) is 12.1 Å². The van der Waals surface area contributed by atoms with Crippen molar-refractivity contribution in [2.24, 2.45) is 0 Å². The first-order valence-electron chi connectivity index (χ1n) is 6.18. The summed E-state index contributed by atoms with van der Waals surface area (Å²) in [6, 6.07) is 0. The molecule has 0 spiro atoms. The lowest BCUT2D eigenvalue weighted by Crippen LogP contribution is -2.26. The van der Waals surface area contributed by atoms with Crippen LogP contribution < -0.4 is 0 Å². The number of unbranched alkanes of at least 4 members (excludes halogenated alkanes) is 2. The minimum atomic E-state index is -0.404. The fourth-order valence-corrected chi connectivity index (χ4v) is 1.31. The van der Waals surface area contributed by atoms with Crippen LogP contribution in [0.25, 0.3) is 0 Å². The smallest absolute Gasteiger partial charge is 0.308 e. The summed E-state index contributed by atoms with van der Waals surface area (Å²) in [7, 11) is 0. The lowest BCUT2D eigenvalue weighted by atomic mass is 10.2. The Morgan fingerprint density at radius 1 is 1.25 bits per heavy atom. The second kappa shape index (κ2) is 7.66. The molecule has 0 fully saturated rings. The maximum atomic E-state index is 11.5. The summed E-state index contributed by atoms with van der Waals surface area (Å²) in [5, 5.41) is 0. The molecule has 3 nitrogen and oxygen atoms in total. The minimum Gasteiger partial charge on any atom is -0.460 e. The van der Waals surface area contributed by atoms with Gasteiger partial charge in [0.25, 0.3) is 0 Å². The first-order chi connectivity index (χ1) is 7.35. The normalized spacial score (nSPS) is 13.6. The molecule has 0 aromatic carbocycles. The molecule has 1 unspecified atom stereocenters. The molecule has 0 aromatic rings. The summed E-state index contributed by atoms with van der Waals surface area (Å²) >= 11 is 0. The fraction of sp³-hybridized carbons (Fsp3) is 0.923. The van der Waals surface area contributed by atoms with Crippen LogP contribution in [0.2, 0.25) is 0 Å². The number of ether oxygens (including phenoxy) is 2. The summed E-state index contributed by atoms with van der Waals surface area (Å²) in [6.45, 7) is 10.4. The Kier molecular flexibility index (Phi) is 7.39. The van der Waals surface area contributed by atoms with Gasteiger partial charge in [-0.1, -0.05) is 19.8 Å². The molecule has 3 heteroatoms. The number of hydrogen-bond acceptors (Lipinski definition) is 3. The van der Waals surface area contributed by atoms with Crippen molar-refractivity contribution in [2.45, 2.75) is 72.0 Å². The second-order valence-electron chi connectivity index (χ2n) is 5.18. The largest absolute Gasteiger partial charge is 0.460 e. The Morgan fingerprint density at radius 3 is 2.38 bits per heavy atom. The van der Waals surface area contributed by atoms with Crippen LogP contribution in [0.5, 0.6) is 0 Å². The number of carbonyl (C=O) groups excluding carboxylic acids is 1. The molecule has 0 aliphatic rings. The molecule has 0 N–H and O–H groups in total. The lowest BCUT2D eigenvalue weighted by molar-refractivity contribution is -0.157. The Bertz CT molecular complexity index is 194. The van der Waals surface area contributed by atoms with E-state index in [9.17, 15) is 4.79 Å². The highest BCUT2D eigenvalue weighted by Crippen LogP contribution is 2.10. The molecule has 0 saturated heterocycles. The molecule has 96 valence electrons. The highest BCUT2D eigenvalue weighted by Gasteiger charge is 2.18. The van der Waals surface area contributed by atoms with E-state index in [1.807, 2.05) is 27.7 Å². The zero-order chi connectivity index (χ0) is 12.6. The van der Waals surface area contributed by atoms with Crippen LogP contribution in [0.1, 0.15) is 60.3 Å². The van der Waals surface area contributed by atoms with Gasteiger partial charge in [-0.15, -0.1) is 0 Å². The van der Waals surface area contributed by atoms with Crippen LogP contribution in [0, 0.1) is 0 Å². The molecule has 0 bridgehead atoms. The van der Waals surface area contributed by atoms with Crippen LogP contribution in [0.3, 0.4) is 0 Å². The summed E-state index contributed by atoms with van der Waals surface area (Å²) < 4.78 is 10.7. The van der Waals surface area contributed by atoms with Crippen molar-refractivity contribution in [3.63, 3.8) is 0 Å². The Morgan fingerprint density at radius 2 is 1.88 bits per heavy atom. The molecular weight excluding hydrogens is 204 g/mol. The lowest BCUT2D eigenvalue weighted by Gasteiger charge is -2.21. The predicted molar refractivity (Wildman–Crippen MR) is 65.4 cm³/mol. The zero-order valence-corrected chi connectivity index (χ0v) is 11.3. The van der Waals surface area contributed by atoms with Gasteiger partial charge in [0.15, 0.2) is 0 Å². The quantitative estimate of drug-likeness (QED) is 0.497. The highest BCUT2D eigenvalue weighted by molar-refractivity contribution is 5.70. The van der Waals surface area contributed by atoms with E-state index in [1.165, 1.54) is 12.8 Å². The van der Waals surface area contributed by atoms with Crippen molar-refractivity contribution in [1.82, 2.24) is 0 Å². The number of esters is 1. The Labute approximate surface area is 99.5 Å². The van der Waals surface area contributed by atoms with Crippen LogP contribution in [0.15, 0.2) is 0 Å². The van der Waals surface area contributed by atoms with Gasteiger partial charge in [0.05, 0.1) is 12.5 Å². The van der Waals surface area contributed by atoms with Gasteiger partial charge in [0.2, 0.25) is 0 Å². The van der Waals surface area contributed by atoms with Gasteiger partial charge in [-0.05, 0) is 34.1 Å². The first-order valence-corrected chi connectivity index (χ1v) is 6.18. The van der Waals surface area contributed by atoms with E-state index >= 15 is 0 Å². The van der Waals surface area contributed by atoms with Gasteiger partial charge in [-0.2, -0.15) is 0 Å². The van der Waals surface area contributed by atoms with E-state index in [4.69, 9.17) is 9.47 Å². The Balaban J connectivity index is 3.62. The molecule has 0 rings (SSSR count). The molecular formula is C13H26O3. The van der Waals surface area contributed by atoms with Crippen molar-refractivity contribution in [3.05, 3.63) is 0 Å². The zero-order valence-electron chi connectivity index (χ0n) is 11.3. The number of hydrogen-bond donors (Lipinski definition) is 0. The molecule has 0 aromatic heterocycles. The molecule has 0 saturated carbocycles. The van der Waals surface area contributed by atoms with Gasteiger partial charge in [-0.3, -0.25) is 4.79 Å². The second-order valence-corrected chi connectivity index (χ2v) is 5.18. The number of carbonyl (C=O) groups is 1. The maximum absolute atomic E-state index is 11.5. The van der Waals surface area contributed by atoms with Gasteiger partial charge >= 0.3 is 5.97 Å². The highest BCUT2D eigenvalue weighted by atomic mass is 16.6. The van der Waals surface area contributed by atoms with E-state index in [0.717, 1.165) is 13.0 Å². The van der Waals surface area contributed by atoms with E-state index in [2.05, 4.69) is 6.92 Å². The summed E-state index contributed by atoms with van der Waals surface area (Å²) in [4.78, 5) is 11.5. The molecule has 0 amide bonds. The average Bonchev–Trinajstić information content (AvgIpc) is 2.09. The molecule has 0 aliphatic heterocycles. The average molecular weight is 230 g/mol. The first kappa shape index (κ1) is 15.4. The molecule has 1 atom stereocenters. The summed E-state index contributed by atoms with van der Waals surface area (Å²) in [5.41, 5.74) is -0.404. The molecule has 0 heterocycles. The van der Waals surface area contributed by atoms with Crippen LogP contribution >= 0.6 is 0 Å². The van der Waals surface area contributed by atoms with Gasteiger partial charge in [0.1, 0.15) is 5.60 Å². The van der Waals surface area contributed by atoms with Crippen molar-refractivity contribution < 1.29 is 14.3 Å². The van der Waals surface area contributed by atoms with Crippen LogP contribution in [0.4, 0.5) is 0 Å². The van der Waals surface area contributed by atoms with Crippen molar-refractivity contribution in [3.8, 4) is 0 Å². The third-order valence-electron chi connectivity index (χ3n) is 2.02. The van der Waals surface area contributed by atoms with Crippen LogP contribution in [-0.2, 0) is 14.3 Å². The molecule has 0 radical (unpaired) electrons. The van der Waals surface area contributed by atoms with Crippen molar-refractivity contribution >= 4 is 5.97 Å². The third-order valence-corrected chi connectivity index (χ3v) is 2.02. The van der Waals surface area contributed by atoms with Crippen LogP contribution in [-0.4, -0.2) is 24.3 Å². The molecule has 0 aliphatic carbocycles. The maximum Gasteiger partial charge on any atom is 0.308 e. The summed E-state index contributed by atoms with van der Waals surface area (Å²) in [5.74, 6) is -0.185. The minimum absolute atomic E-state index is 0.0493. The molecule has 16 heavy (non-hydrogen) atoms. The monoisotopic (exact) mass is 230 g/mol. The number of rotatable bonds is 7.